The van der Waals surface area contributed by atoms with Gasteiger partial charge in [0.2, 0.25) is 0 Å². The van der Waals surface area contributed by atoms with Gasteiger partial charge in [-0.15, -0.1) is 11.3 Å². The number of carbonyl (C=O) groups excluding carboxylic acids is 1. The topological polar surface area (TPSA) is 42.4 Å². The summed E-state index contributed by atoms with van der Waals surface area (Å²) >= 11 is 1.52. The highest BCUT2D eigenvalue weighted by Gasteiger charge is 2.25. The molecule has 26 heavy (non-hydrogen) atoms. The minimum absolute atomic E-state index is 0.0629. The van der Waals surface area contributed by atoms with Gasteiger partial charge < -0.3 is 9.64 Å². The van der Waals surface area contributed by atoms with E-state index in [2.05, 4.69) is 36.2 Å². The van der Waals surface area contributed by atoms with E-state index in [9.17, 15) is 4.79 Å². The molecular formula is C21H26N2O2S. The smallest absolute Gasteiger partial charge is 0.266 e. The normalized spacial score (nSPS) is 17.1. The van der Waals surface area contributed by atoms with E-state index in [0.717, 1.165) is 47.0 Å². The fraction of sp³-hybridized carbons (Fsp3) is 0.429. The van der Waals surface area contributed by atoms with E-state index in [4.69, 9.17) is 4.74 Å². The van der Waals surface area contributed by atoms with Crippen LogP contribution >= 0.6 is 11.3 Å². The molecule has 1 amide bonds. The van der Waals surface area contributed by atoms with E-state index in [1.807, 2.05) is 30.0 Å². The predicted octanol–water partition coefficient (Wildman–Crippen LogP) is 4.35. The Kier molecular flexibility index (Phi) is 6.58. The molecule has 0 bridgehead atoms. The Hall–Kier alpha value is -1.98. The number of hydrogen-bond acceptors (Lipinski definition) is 4. The van der Waals surface area contributed by atoms with Gasteiger partial charge >= 0.3 is 0 Å². The first-order valence-electron chi connectivity index (χ1n) is 9.26. The largest absolute Gasteiger partial charge is 0.376 e. The Morgan fingerprint density at radius 2 is 2.19 bits per heavy atom. The van der Waals surface area contributed by atoms with Gasteiger partial charge in [0.15, 0.2) is 0 Å². The molecule has 0 saturated carbocycles. The fourth-order valence-electron chi connectivity index (χ4n) is 3.10. The van der Waals surface area contributed by atoms with Crippen molar-refractivity contribution in [2.45, 2.75) is 39.2 Å². The van der Waals surface area contributed by atoms with Gasteiger partial charge in [-0.25, -0.2) is 4.98 Å². The molecule has 1 aliphatic heterocycles. The number of nitrogens with zero attached hydrogens (tertiary/aromatic N) is 2. The molecule has 0 N–H and O–H groups in total. The summed E-state index contributed by atoms with van der Waals surface area (Å²) in [4.78, 5) is 20.3. The number of amides is 1. The summed E-state index contributed by atoms with van der Waals surface area (Å²) in [6, 6.07) is 10.2. The van der Waals surface area contributed by atoms with E-state index >= 15 is 0 Å². The molecule has 5 heteroatoms. The quantitative estimate of drug-likeness (QED) is 0.728. The lowest BCUT2D eigenvalue weighted by molar-refractivity contribution is 0.0557. The Morgan fingerprint density at radius 1 is 1.38 bits per heavy atom. The Morgan fingerprint density at radius 3 is 2.85 bits per heavy atom. The van der Waals surface area contributed by atoms with Crippen LogP contribution in [-0.2, 0) is 11.2 Å². The van der Waals surface area contributed by atoms with Crippen molar-refractivity contribution in [1.82, 2.24) is 9.88 Å². The molecule has 3 rings (SSSR count). The lowest BCUT2D eigenvalue weighted by atomic mass is 10.2. The third-order valence-corrected chi connectivity index (χ3v) is 5.80. The number of aromatic nitrogens is 1. The molecule has 0 radical (unpaired) electrons. The maximum Gasteiger partial charge on any atom is 0.266 e. The summed E-state index contributed by atoms with van der Waals surface area (Å²) < 4.78 is 5.76. The molecular weight excluding hydrogens is 344 g/mol. The van der Waals surface area contributed by atoms with Crippen LogP contribution in [0.25, 0.3) is 6.08 Å². The highest BCUT2D eigenvalue weighted by Crippen LogP contribution is 2.22. The Bertz CT molecular complexity index is 749. The van der Waals surface area contributed by atoms with Crippen molar-refractivity contribution >= 4 is 23.3 Å². The summed E-state index contributed by atoms with van der Waals surface area (Å²) in [5, 5.41) is 1.02. The monoisotopic (exact) mass is 370 g/mol. The first-order chi connectivity index (χ1) is 12.7. The molecule has 0 spiro atoms. The van der Waals surface area contributed by atoms with Crippen LogP contribution in [0.4, 0.5) is 0 Å². The van der Waals surface area contributed by atoms with Crippen LogP contribution in [0.15, 0.2) is 36.4 Å². The van der Waals surface area contributed by atoms with Gasteiger partial charge in [-0.1, -0.05) is 49.4 Å². The number of thiazole rings is 1. The molecule has 1 aromatic heterocycles. The lowest BCUT2D eigenvalue weighted by Gasteiger charge is -2.24. The van der Waals surface area contributed by atoms with E-state index in [1.54, 1.807) is 0 Å². The average molecular weight is 371 g/mol. The van der Waals surface area contributed by atoms with Gasteiger partial charge in [0.05, 0.1) is 16.8 Å². The number of benzene rings is 1. The molecule has 2 aromatic rings. The highest BCUT2D eigenvalue weighted by atomic mass is 32.1. The van der Waals surface area contributed by atoms with Gasteiger partial charge in [-0.3, -0.25) is 4.79 Å². The summed E-state index contributed by atoms with van der Waals surface area (Å²) in [5.41, 5.74) is 1.97. The second-order valence-electron chi connectivity index (χ2n) is 6.53. The van der Waals surface area contributed by atoms with Crippen molar-refractivity contribution in [2.24, 2.45) is 0 Å². The minimum Gasteiger partial charge on any atom is -0.376 e. The summed E-state index contributed by atoms with van der Waals surface area (Å²) in [7, 11) is 0. The average Bonchev–Trinajstić information content (AvgIpc) is 3.30. The molecule has 2 heterocycles. The second-order valence-corrected chi connectivity index (χ2v) is 7.62. The van der Waals surface area contributed by atoms with Crippen LogP contribution in [0.2, 0.25) is 0 Å². The Labute approximate surface area is 159 Å². The van der Waals surface area contributed by atoms with Gasteiger partial charge in [0, 0.05) is 19.7 Å². The van der Waals surface area contributed by atoms with E-state index < -0.39 is 0 Å². The van der Waals surface area contributed by atoms with Crippen molar-refractivity contribution in [1.29, 1.82) is 0 Å². The summed E-state index contributed by atoms with van der Waals surface area (Å²) in [6.07, 6.45) is 7.22. The van der Waals surface area contributed by atoms with Gasteiger partial charge in [-0.05, 0) is 31.7 Å². The third-order valence-electron chi connectivity index (χ3n) is 4.51. The zero-order valence-electron chi connectivity index (χ0n) is 15.5. The van der Waals surface area contributed by atoms with Crippen LogP contribution in [-0.4, -0.2) is 41.6 Å². The SMILES string of the molecule is CCc1nc(C)c(C(=O)N(C/C=C/c2ccccc2)CC2CCCO2)s1. The number of rotatable bonds is 7. The highest BCUT2D eigenvalue weighted by molar-refractivity contribution is 7.13. The van der Waals surface area contributed by atoms with E-state index in [0.29, 0.717) is 13.1 Å². The van der Waals surface area contributed by atoms with Crippen molar-refractivity contribution in [3.05, 3.63) is 57.6 Å². The Balaban J connectivity index is 1.74. The maximum atomic E-state index is 13.1. The minimum atomic E-state index is 0.0629. The number of aryl methyl sites for hydroxylation is 2. The van der Waals surface area contributed by atoms with Crippen LogP contribution in [0.1, 0.15) is 45.7 Å². The van der Waals surface area contributed by atoms with Crippen LogP contribution in [0.5, 0.6) is 0 Å². The van der Waals surface area contributed by atoms with Crippen molar-refractivity contribution in [2.75, 3.05) is 19.7 Å². The molecule has 4 nitrogen and oxygen atoms in total. The van der Waals surface area contributed by atoms with Gasteiger partial charge in [0.1, 0.15) is 4.88 Å². The number of ether oxygens (including phenoxy) is 1. The second kappa shape index (κ2) is 9.10. The number of carbonyl (C=O) groups is 1. The van der Waals surface area contributed by atoms with Gasteiger partial charge in [-0.2, -0.15) is 0 Å². The zero-order valence-corrected chi connectivity index (χ0v) is 16.3. The molecule has 0 aliphatic carbocycles. The molecule has 1 aliphatic rings. The van der Waals surface area contributed by atoms with E-state index in [-0.39, 0.29) is 12.0 Å². The van der Waals surface area contributed by atoms with Crippen molar-refractivity contribution in [3.63, 3.8) is 0 Å². The molecule has 138 valence electrons. The lowest BCUT2D eigenvalue weighted by Crippen LogP contribution is -2.37. The zero-order chi connectivity index (χ0) is 18.4. The first kappa shape index (κ1) is 18.8. The van der Waals surface area contributed by atoms with Crippen molar-refractivity contribution in [3.8, 4) is 0 Å². The van der Waals surface area contributed by atoms with Crippen LogP contribution in [0.3, 0.4) is 0 Å². The molecule has 1 aromatic carbocycles. The number of hydrogen-bond donors (Lipinski definition) is 0. The molecule has 1 atom stereocenters. The van der Waals surface area contributed by atoms with Crippen LogP contribution < -0.4 is 0 Å². The molecule has 1 saturated heterocycles. The first-order valence-corrected chi connectivity index (χ1v) is 10.1. The summed E-state index contributed by atoms with van der Waals surface area (Å²) in [6.45, 7) is 6.00. The summed E-state index contributed by atoms with van der Waals surface area (Å²) in [5.74, 6) is 0.0629. The molecule has 1 unspecified atom stereocenters. The third kappa shape index (κ3) is 4.80. The van der Waals surface area contributed by atoms with Crippen LogP contribution in [0, 0.1) is 6.92 Å². The standard InChI is InChI=1S/C21H26N2O2S/c1-3-19-22-16(2)20(26-19)21(24)23(15-18-12-8-14-25-18)13-7-11-17-9-5-4-6-10-17/h4-7,9-11,18H,3,8,12-15H2,1-2H3/b11-7+. The van der Waals surface area contributed by atoms with Gasteiger partial charge in [0.25, 0.3) is 5.91 Å². The molecule has 1 fully saturated rings. The van der Waals surface area contributed by atoms with E-state index in [1.165, 1.54) is 11.3 Å². The van der Waals surface area contributed by atoms with Crippen molar-refractivity contribution < 1.29 is 9.53 Å². The maximum absolute atomic E-state index is 13.1. The fourth-order valence-corrected chi connectivity index (χ4v) is 4.07. The predicted molar refractivity (Wildman–Crippen MR) is 107 cm³/mol.